The molecule has 3 atom stereocenters. The Morgan fingerprint density at radius 1 is 0.848 bits per heavy atom. The minimum Gasteiger partial charge on any atom is -0.504 e. The first kappa shape index (κ1) is 20.8. The average molecular weight is 446 g/mol. The van der Waals surface area contributed by atoms with E-state index in [9.17, 15) is 14.7 Å². The van der Waals surface area contributed by atoms with Gasteiger partial charge in [0.15, 0.2) is 17.6 Å². The number of anilines is 2. The fourth-order valence-corrected chi connectivity index (χ4v) is 4.42. The molecule has 3 unspecified atom stereocenters. The van der Waals surface area contributed by atoms with Crippen molar-refractivity contribution in [2.75, 3.05) is 24.2 Å². The van der Waals surface area contributed by atoms with Crippen LogP contribution in [0, 0.1) is 5.92 Å². The van der Waals surface area contributed by atoms with Crippen LogP contribution < -0.4 is 19.4 Å². The largest absolute Gasteiger partial charge is 0.504 e. The van der Waals surface area contributed by atoms with Gasteiger partial charge in [0, 0.05) is 0 Å². The third kappa shape index (κ3) is 3.35. The van der Waals surface area contributed by atoms with Gasteiger partial charge in [-0.1, -0.05) is 24.3 Å². The number of methoxy groups -OCH3 is 2. The SMILES string of the molecule is COc1ccc(N2C(=O)C3ON(c4ccccc4)C(c4ccc(O)c(OC)c4)C3C2=O)cc1. The predicted molar refractivity (Wildman–Crippen MR) is 120 cm³/mol. The fourth-order valence-electron chi connectivity index (χ4n) is 4.42. The maximum atomic E-state index is 13.6. The van der Waals surface area contributed by atoms with Crippen LogP contribution in [0.15, 0.2) is 72.8 Å². The minimum atomic E-state index is -0.982. The summed E-state index contributed by atoms with van der Waals surface area (Å²) in [5.74, 6) is -0.688. The molecule has 168 valence electrons. The van der Waals surface area contributed by atoms with Crippen molar-refractivity contribution in [3.8, 4) is 17.2 Å². The summed E-state index contributed by atoms with van der Waals surface area (Å²) in [6, 6.07) is 20.3. The van der Waals surface area contributed by atoms with E-state index >= 15 is 0 Å². The van der Waals surface area contributed by atoms with Gasteiger partial charge in [-0.2, -0.15) is 0 Å². The molecular formula is C25H22N2O6. The Morgan fingerprint density at radius 3 is 2.24 bits per heavy atom. The van der Waals surface area contributed by atoms with E-state index in [0.29, 0.717) is 22.7 Å². The maximum Gasteiger partial charge on any atom is 0.266 e. The topological polar surface area (TPSA) is 88.5 Å². The number of amides is 2. The van der Waals surface area contributed by atoms with Crippen LogP contribution in [0.5, 0.6) is 17.2 Å². The van der Waals surface area contributed by atoms with Crippen LogP contribution in [0.1, 0.15) is 11.6 Å². The summed E-state index contributed by atoms with van der Waals surface area (Å²) in [4.78, 5) is 34.2. The van der Waals surface area contributed by atoms with Crippen molar-refractivity contribution in [1.29, 1.82) is 0 Å². The number of hydroxylamine groups is 1. The maximum absolute atomic E-state index is 13.6. The van der Waals surface area contributed by atoms with Crippen LogP contribution in [0.4, 0.5) is 11.4 Å². The summed E-state index contributed by atoms with van der Waals surface area (Å²) in [6.07, 6.45) is -0.982. The van der Waals surface area contributed by atoms with Crippen molar-refractivity contribution in [2.45, 2.75) is 12.1 Å². The van der Waals surface area contributed by atoms with Gasteiger partial charge < -0.3 is 14.6 Å². The van der Waals surface area contributed by atoms with Crippen molar-refractivity contribution >= 4 is 23.2 Å². The number of rotatable bonds is 5. The monoisotopic (exact) mass is 446 g/mol. The van der Waals surface area contributed by atoms with Crippen molar-refractivity contribution in [2.24, 2.45) is 5.92 Å². The minimum absolute atomic E-state index is 0.0170. The van der Waals surface area contributed by atoms with E-state index in [4.69, 9.17) is 14.3 Å². The summed E-state index contributed by atoms with van der Waals surface area (Å²) in [7, 11) is 3.01. The molecule has 2 heterocycles. The molecule has 2 saturated heterocycles. The highest BCUT2D eigenvalue weighted by Gasteiger charge is 2.60. The van der Waals surface area contributed by atoms with Crippen LogP contribution >= 0.6 is 0 Å². The third-order valence-electron chi connectivity index (χ3n) is 6.00. The number of phenolic OH excluding ortho intramolecular Hbond substituents is 1. The second kappa shape index (κ2) is 8.14. The van der Waals surface area contributed by atoms with Gasteiger partial charge in [0.25, 0.3) is 5.91 Å². The Bertz CT molecular complexity index is 1200. The molecule has 0 bridgehead atoms. The molecule has 2 amide bonds. The van der Waals surface area contributed by atoms with E-state index in [1.807, 2.05) is 30.3 Å². The number of hydrogen-bond acceptors (Lipinski definition) is 7. The van der Waals surface area contributed by atoms with Gasteiger partial charge in [0.05, 0.1) is 31.6 Å². The van der Waals surface area contributed by atoms with Crippen molar-refractivity contribution in [3.63, 3.8) is 0 Å². The first-order valence-corrected chi connectivity index (χ1v) is 10.4. The molecule has 0 spiro atoms. The molecule has 0 aromatic heterocycles. The second-order valence-electron chi connectivity index (χ2n) is 7.80. The van der Waals surface area contributed by atoms with E-state index in [-0.39, 0.29) is 17.4 Å². The Morgan fingerprint density at radius 2 is 1.58 bits per heavy atom. The van der Waals surface area contributed by atoms with E-state index < -0.39 is 24.0 Å². The zero-order chi connectivity index (χ0) is 23.1. The first-order valence-electron chi connectivity index (χ1n) is 10.4. The van der Waals surface area contributed by atoms with E-state index in [1.54, 1.807) is 48.6 Å². The number of aromatic hydroxyl groups is 1. The summed E-state index contributed by atoms with van der Waals surface area (Å²) in [5.41, 5.74) is 1.84. The number of carbonyl (C=O) groups excluding carboxylic acids is 2. The van der Waals surface area contributed by atoms with E-state index in [0.717, 1.165) is 0 Å². The molecule has 2 fully saturated rings. The van der Waals surface area contributed by atoms with Crippen molar-refractivity contribution < 1.29 is 29.0 Å². The quantitative estimate of drug-likeness (QED) is 0.601. The fraction of sp³-hybridized carbons (Fsp3) is 0.200. The smallest absolute Gasteiger partial charge is 0.266 e. The molecule has 5 rings (SSSR count). The number of para-hydroxylation sites is 1. The molecule has 3 aromatic carbocycles. The van der Waals surface area contributed by atoms with Gasteiger partial charge in [-0.05, 0) is 54.1 Å². The molecule has 8 nitrogen and oxygen atoms in total. The number of fused-ring (bicyclic) bond motifs is 1. The molecule has 0 radical (unpaired) electrons. The Labute approximate surface area is 190 Å². The number of carbonyl (C=O) groups is 2. The van der Waals surface area contributed by atoms with Gasteiger partial charge in [-0.3, -0.25) is 14.4 Å². The summed E-state index contributed by atoms with van der Waals surface area (Å²) < 4.78 is 10.5. The Kier molecular flexibility index (Phi) is 5.14. The molecule has 3 aromatic rings. The van der Waals surface area contributed by atoms with Gasteiger partial charge in [0.2, 0.25) is 5.91 Å². The standard InChI is InChI=1S/C25H22N2O6/c1-31-18-11-9-16(10-12-18)26-24(29)21-22(15-8-13-19(28)20(14-15)32-2)27(33-23(21)25(26)30)17-6-4-3-5-7-17/h3-14,21-23,28H,1-2H3. The van der Waals surface area contributed by atoms with Crippen molar-refractivity contribution in [3.05, 3.63) is 78.4 Å². The van der Waals surface area contributed by atoms with E-state index in [2.05, 4.69) is 0 Å². The molecular weight excluding hydrogens is 424 g/mol. The van der Waals surface area contributed by atoms with Crippen LogP contribution in [-0.4, -0.2) is 37.2 Å². The number of imide groups is 1. The molecule has 2 aliphatic rings. The summed E-state index contributed by atoms with van der Waals surface area (Å²) >= 11 is 0. The summed E-state index contributed by atoms with van der Waals surface area (Å²) in [6.45, 7) is 0. The second-order valence-corrected chi connectivity index (χ2v) is 7.80. The zero-order valence-corrected chi connectivity index (χ0v) is 18.0. The molecule has 0 aliphatic carbocycles. The van der Waals surface area contributed by atoms with Gasteiger partial charge >= 0.3 is 0 Å². The number of hydrogen-bond donors (Lipinski definition) is 1. The first-order chi connectivity index (χ1) is 16.0. The predicted octanol–water partition coefficient (Wildman–Crippen LogP) is 3.46. The average Bonchev–Trinajstić information content (AvgIpc) is 3.36. The van der Waals surface area contributed by atoms with Crippen LogP contribution in [0.25, 0.3) is 0 Å². The lowest BCUT2D eigenvalue weighted by Gasteiger charge is -2.29. The van der Waals surface area contributed by atoms with Crippen molar-refractivity contribution in [1.82, 2.24) is 0 Å². The molecule has 33 heavy (non-hydrogen) atoms. The Balaban J connectivity index is 1.58. The van der Waals surface area contributed by atoms with Gasteiger partial charge in [-0.15, -0.1) is 0 Å². The lowest BCUT2D eigenvalue weighted by atomic mass is 9.90. The molecule has 0 saturated carbocycles. The normalized spacial score (nSPS) is 21.9. The van der Waals surface area contributed by atoms with Crippen LogP contribution in [0.3, 0.4) is 0 Å². The lowest BCUT2D eigenvalue weighted by molar-refractivity contribution is -0.126. The molecule has 2 aliphatic heterocycles. The highest BCUT2D eigenvalue weighted by Crippen LogP contribution is 2.48. The van der Waals surface area contributed by atoms with Crippen LogP contribution in [-0.2, 0) is 14.4 Å². The lowest BCUT2D eigenvalue weighted by Crippen LogP contribution is -2.37. The van der Waals surface area contributed by atoms with Gasteiger partial charge in [-0.25, -0.2) is 9.96 Å². The number of phenols is 1. The van der Waals surface area contributed by atoms with Gasteiger partial charge in [0.1, 0.15) is 11.7 Å². The Hall–Kier alpha value is -4.04. The molecule has 8 heteroatoms. The number of ether oxygens (including phenoxy) is 2. The highest BCUT2D eigenvalue weighted by molar-refractivity contribution is 6.23. The third-order valence-corrected chi connectivity index (χ3v) is 6.00. The summed E-state index contributed by atoms with van der Waals surface area (Å²) in [5, 5.41) is 11.7. The number of benzene rings is 3. The van der Waals surface area contributed by atoms with E-state index in [1.165, 1.54) is 18.1 Å². The van der Waals surface area contributed by atoms with Crippen LogP contribution in [0.2, 0.25) is 0 Å². The molecule has 1 N–H and O–H groups in total. The number of nitrogens with zero attached hydrogens (tertiary/aromatic N) is 2. The highest BCUT2D eigenvalue weighted by atomic mass is 16.7. The zero-order valence-electron chi connectivity index (χ0n) is 18.0.